The van der Waals surface area contributed by atoms with Crippen LogP contribution in [-0.4, -0.2) is 4.57 Å². The molecule has 208 valence electrons. The Morgan fingerprint density at radius 1 is 0.318 bits per heavy atom. The molecule has 0 spiro atoms. The van der Waals surface area contributed by atoms with Gasteiger partial charge >= 0.3 is 0 Å². The van der Waals surface area contributed by atoms with E-state index in [4.69, 9.17) is 0 Å². The van der Waals surface area contributed by atoms with Gasteiger partial charge in [0, 0.05) is 27.8 Å². The molecule has 0 fully saturated rings. The second kappa shape index (κ2) is 11.1. The molecule has 44 heavy (non-hydrogen) atoms. The summed E-state index contributed by atoms with van der Waals surface area (Å²) in [5.41, 5.74) is 13.0. The van der Waals surface area contributed by atoms with Gasteiger partial charge in [0.05, 0.1) is 11.0 Å². The quantitative estimate of drug-likeness (QED) is 0.213. The molecule has 0 saturated heterocycles. The number of fused-ring (bicyclic) bond motifs is 3. The average Bonchev–Trinajstić information content (AvgIpc) is 3.44. The zero-order valence-corrected chi connectivity index (χ0v) is 24.2. The van der Waals surface area contributed by atoms with Gasteiger partial charge in [0.25, 0.3) is 0 Å². The Bertz CT molecular complexity index is 2150. The number of nitrogens with zero attached hydrogens (tertiary/aromatic N) is 1. The van der Waals surface area contributed by atoms with Gasteiger partial charge in [0.15, 0.2) is 0 Å². The monoisotopic (exact) mass is 562 g/mol. The fraction of sp³-hybridized carbons (Fsp3) is 0. The lowest BCUT2D eigenvalue weighted by atomic mass is 10.00. The Labute approximate surface area is 257 Å². The van der Waals surface area contributed by atoms with Crippen molar-refractivity contribution in [3.8, 4) is 39.1 Å². The van der Waals surface area contributed by atoms with Crippen molar-refractivity contribution in [1.82, 2.24) is 4.57 Å². The van der Waals surface area contributed by atoms with Gasteiger partial charge in [-0.2, -0.15) is 0 Å². The molecule has 8 rings (SSSR count). The molecule has 2 nitrogen and oxygen atoms in total. The minimum atomic E-state index is 1.07. The highest BCUT2D eigenvalue weighted by Gasteiger charge is 2.12. The first-order valence-corrected chi connectivity index (χ1v) is 15.0. The highest BCUT2D eigenvalue weighted by molar-refractivity contribution is 6.09. The second-order valence-electron chi connectivity index (χ2n) is 11.1. The summed E-state index contributed by atoms with van der Waals surface area (Å²) in [6, 6.07) is 62.7. The van der Waals surface area contributed by atoms with Gasteiger partial charge in [-0.3, -0.25) is 0 Å². The van der Waals surface area contributed by atoms with E-state index in [0.29, 0.717) is 0 Å². The molecule has 1 N–H and O–H groups in total. The van der Waals surface area contributed by atoms with Crippen LogP contribution in [0.2, 0.25) is 0 Å². The van der Waals surface area contributed by atoms with Crippen LogP contribution in [0.25, 0.3) is 60.9 Å². The highest BCUT2D eigenvalue weighted by atomic mass is 15.0. The van der Waals surface area contributed by atoms with E-state index < -0.39 is 0 Å². The Morgan fingerprint density at radius 2 is 0.727 bits per heavy atom. The summed E-state index contributed by atoms with van der Waals surface area (Å²) in [6.07, 6.45) is 0. The molecule has 0 aliphatic carbocycles. The normalized spacial score (nSPS) is 11.2. The fourth-order valence-corrected chi connectivity index (χ4v) is 6.17. The molecule has 0 atom stereocenters. The summed E-state index contributed by atoms with van der Waals surface area (Å²) in [7, 11) is 0. The molecule has 0 saturated carbocycles. The molecule has 1 heterocycles. The van der Waals surface area contributed by atoms with Crippen LogP contribution in [0, 0.1) is 0 Å². The first-order valence-electron chi connectivity index (χ1n) is 15.0. The first kappa shape index (κ1) is 25.8. The summed E-state index contributed by atoms with van der Waals surface area (Å²) < 4.78 is 2.37. The van der Waals surface area contributed by atoms with Crippen molar-refractivity contribution in [2.24, 2.45) is 0 Å². The van der Waals surface area contributed by atoms with E-state index in [1.54, 1.807) is 0 Å². The number of rotatable bonds is 6. The van der Waals surface area contributed by atoms with Gasteiger partial charge < -0.3 is 9.88 Å². The highest BCUT2D eigenvalue weighted by Crippen LogP contribution is 2.34. The van der Waals surface area contributed by atoms with Crippen LogP contribution in [0.5, 0.6) is 0 Å². The minimum absolute atomic E-state index is 1.07. The van der Waals surface area contributed by atoms with Crippen LogP contribution < -0.4 is 5.32 Å². The zero-order chi connectivity index (χ0) is 29.3. The van der Waals surface area contributed by atoms with E-state index in [0.717, 1.165) is 11.4 Å². The maximum Gasteiger partial charge on any atom is 0.0541 e. The molecule has 0 aliphatic rings. The van der Waals surface area contributed by atoms with Crippen LogP contribution in [0.3, 0.4) is 0 Å². The number of aromatic nitrogens is 1. The Morgan fingerprint density at radius 3 is 1.27 bits per heavy atom. The van der Waals surface area contributed by atoms with Gasteiger partial charge in [-0.15, -0.1) is 0 Å². The lowest BCUT2D eigenvalue weighted by Crippen LogP contribution is -1.94. The number of nitrogens with one attached hydrogen (secondary N) is 1. The van der Waals surface area contributed by atoms with Crippen molar-refractivity contribution < 1.29 is 0 Å². The Balaban J connectivity index is 1.02. The van der Waals surface area contributed by atoms with Gasteiger partial charge in [-0.25, -0.2) is 0 Å². The summed E-state index contributed by atoms with van der Waals surface area (Å²) in [6.45, 7) is 0. The number of benzene rings is 7. The first-order chi connectivity index (χ1) is 21.8. The maximum absolute atomic E-state index is 3.53. The van der Waals surface area contributed by atoms with Crippen LogP contribution in [0.1, 0.15) is 0 Å². The van der Waals surface area contributed by atoms with Gasteiger partial charge in [0.1, 0.15) is 0 Å². The summed E-state index contributed by atoms with van der Waals surface area (Å²) in [5.74, 6) is 0. The lowest BCUT2D eigenvalue weighted by Gasteiger charge is -2.11. The molecular weight excluding hydrogens is 532 g/mol. The fourth-order valence-electron chi connectivity index (χ4n) is 6.17. The minimum Gasteiger partial charge on any atom is -0.356 e. The van der Waals surface area contributed by atoms with Crippen molar-refractivity contribution in [3.63, 3.8) is 0 Å². The molecule has 0 amide bonds. The number of hydrogen-bond acceptors (Lipinski definition) is 1. The third-order valence-electron chi connectivity index (χ3n) is 8.40. The van der Waals surface area contributed by atoms with Crippen molar-refractivity contribution >= 4 is 33.2 Å². The number of anilines is 2. The van der Waals surface area contributed by atoms with Crippen molar-refractivity contribution in [3.05, 3.63) is 176 Å². The Hall–Kier alpha value is -5.86. The topological polar surface area (TPSA) is 17.0 Å². The van der Waals surface area contributed by atoms with E-state index in [-0.39, 0.29) is 0 Å². The standard InChI is InChI=1S/C42H30N2/c1-2-9-30(10-3-1)32-21-25-36(26-22-32)43-37-27-23-33(24-28-37)31-17-19-34(20-18-31)35-11-8-12-38(29-35)44-41-15-6-4-13-39(41)40-14-5-7-16-42(40)44/h1-29,43H. The molecule has 0 radical (unpaired) electrons. The van der Waals surface area contributed by atoms with Gasteiger partial charge in [0.2, 0.25) is 0 Å². The molecule has 0 bridgehead atoms. The Kier molecular flexibility index (Phi) is 6.51. The SMILES string of the molecule is c1ccc(-c2ccc(Nc3ccc(-c4ccc(-c5cccc(-n6c7ccccc7c7ccccc76)c5)cc4)cc3)cc2)cc1. The van der Waals surface area contributed by atoms with Crippen LogP contribution in [-0.2, 0) is 0 Å². The van der Waals surface area contributed by atoms with Crippen molar-refractivity contribution in [2.75, 3.05) is 5.32 Å². The van der Waals surface area contributed by atoms with E-state index in [1.165, 1.54) is 60.9 Å². The largest absolute Gasteiger partial charge is 0.356 e. The smallest absolute Gasteiger partial charge is 0.0541 e. The summed E-state index contributed by atoms with van der Waals surface area (Å²) >= 11 is 0. The lowest BCUT2D eigenvalue weighted by molar-refractivity contribution is 1.18. The average molecular weight is 563 g/mol. The van der Waals surface area contributed by atoms with Crippen LogP contribution in [0.15, 0.2) is 176 Å². The maximum atomic E-state index is 3.53. The van der Waals surface area contributed by atoms with Gasteiger partial charge in [-0.05, 0) is 81.9 Å². The van der Waals surface area contributed by atoms with E-state index in [9.17, 15) is 0 Å². The predicted molar refractivity (Wildman–Crippen MR) is 187 cm³/mol. The van der Waals surface area contributed by atoms with Crippen LogP contribution >= 0.6 is 0 Å². The number of para-hydroxylation sites is 2. The summed E-state index contributed by atoms with van der Waals surface area (Å²) in [4.78, 5) is 0. The van der Waals surface area contributed by atoms with Gasteiger partial charge in [-0.1, -0.05) is 127 Å². The molecular formula is C42H30N2. The summed E-state index contributed by atoms with van der Waals surface area (Å²) in [5, 5.41) is 6.08. The number of hydrogen-bond donors (Lipinski definition) is 1. The third kappa shape index (κ3) is 4.83. The molecule has 0 aliphatic heterocycles. The van der Waals surface area contributed by atoms with Crippen molar-refractivity contribution in [1.29, 1.82) is 0 Å². The zero-order valence-electron chi connectivity index (χ0n) is 24.2. The van der Waals surface area contributed by atoms with E-state index in [1.807, 2.05) is 6.07 Å². The van der Waals surface area contributed by atoms with E-state index in [2.05, 4.69) is 180 Å². The molecule has 7 aromatic carbocycles. The molecule has 8 aromatic rings. The van der Waals surface area contributed by atoms with E-state index >= 15 is 0 Å². The third-order valence-corrected chi connectivity index (χ3v) is 8.40. The predicted octanol–water partition coefficient (Wildman–Crippen LogP) is 11.5. The second-order valence-corrected chi connectivity index (χ2v) is 11.1. The molecule has 1 aromatic heterocycles. The molecule has 0 unspecified atom stereocenters. The van der Waals surface area contributed by atoms with Crippen LogP contribution in [0.4, 0.5) is 11.4 Å². The molecule has 2 heteroatoms. The van der Waals surface area contributed by atoms with Crippen molar-refractivity contribution in [2.45, 2.75) is 0 Å².